The number of nitrogens with zero attached hydrogens (tertiary/aromatic N) is 6. The summed E-state index contributed by atoms with van der Waals surface area (Å²) in [4.78, 5) is 24.5. The van der Waals surface area contributed by atoms with Gasteiger partial charge in [0.1, 0.15) is 5.82 Å². The van der Waals surface area contributed by atoms with E-state index >= 15 is 0 Å². The molecule has 224 valence electrons. The summed E-state index contributed by atoms with van der Waals surface area (Å²) in [5.41, 5.74) is 2.53. The Morgan fingerprint density at radius 3 is 2.67 bits per heavy atom. The Morgan fingerprint density at radius 2 is 1.88 bits per heavy atom. The quantitative estimate of drug-likeness (QED) is 0.462. The SMILES string of the molecule is CN1CC2(C)CCN(CC2)c2cc(NS(=O)(=O)CCO)ccc2-c2nnc(o2)-c2ccnc(c2)N2CCCC(C2)C1=O. The predicted molar refractivity (Wildman–Crippen MR) is 160 cm³/mol. The van der Waals surface area contributed by atoms with Gasteiger partial charge in [-0.3, -0.25) is 9.52 Å². The van der Waals surface area contributed by atoms with Crippen LogP contribution in [0.2, 0.25) is 0 Å². The molecular weight excluding hydrogens is 558 g/mol. The second kappa shape index (κ2) is 11.2. The van der Waals surface area contributed by atoms with Crippen molar-refractivity contribution in [2.24, 2.45) is 11.3 Å². The number of nitrogens with one attached hydrogen (secondary N) is 1. The molecule has 1 atom stereocenters. The Kier molecular flexibility index (Phi) is 7.56. The number of hydrogen-bond acceptors (Lipinski definition) is 10. The first-order valence-electron chi connectivity index (χ1n) is 14.4. The highest BCUT2D eigenvalue weighted by Gasteiger charge is 2.36. The molecule has 0 radical (unpaired) electrons. The Balaban J connectivity index is 1.42. The van der Waals surface area contributed by atoms with Crippen molar-refractivity contribution in [2.45, 2.75) is 32.6 Å². The van der Waals surface area contributed by atoms with Crippen LogP contribution in [0.5, 0.6) is 0 Å². The number of benzene rings is 1. The largest absolute Gasteiger partial charge is 0.416 e. The smallest absolute Gasteiger partial charge is 0.250 e. The molecule has 2 saturated heterocycles. The summed E-state index contributed by atoms with van der Waals surface area (Å²) in [6.07, 6.45) is 5.20. The van der Waals surface area contributed by atoms with Crippen molar-refractivity contribution >= 4 is 33.1 Å². The molecule has 42 heavy (non-hydrogen) atoms. The fourth-order valence-corrected chi connectivity index (χ4v) is 7.18. The summed E-state index contributed by atoms with van der Waals surface area (Å²) in [5, 5.41) is 17.9. The van der Waals surface area contributed by atoms with E-state index in [1.54, 1.807) is 24.4 Å². The Bertz CT molecular complexity index is 1570. The topological polar surface area (TPSA) is 145 Å². The van der Waals surface area contributed by atoms with Gasteiger partial charge in [0.25, 0.3) is 0 Å². The molecule has 6 heterocycles. The van der Waals surface area contributed by atoms with Crippen LogP contribution >= 0.6 is 0 Å². The number of amides is 1. The number of anilines is 3. The van der Waals surface area contributed by atoms with Crippen LogP contribution in [0.3, 0.4) is 0 Å². The molecule has 1 amide bonds. The van der Waals surface area contributed by atoms with E-state index in [2.05, 4.69) is 36.6 Å². The van der Waals surface area contributed by atoms with Gasteiger partial charge in [-0.15, -0.1) is 10.2 Å². The first-order valence-corrected chi connectivity index (χ1v) is 16.1. The first kappa shape index (κ1) is 28.4. The Labute approximate surface area is 245 Å². The molecule has 13 heteroatoms. The van der Waals surface area contributed by atoms with Crippen LogP contribution in [0.25, 0.3) is 22.9 Å². The molecule has 4 aliphatic heterocycles. The van der Waals surface area contributed by atoms with E-state index in [0.29, 0.717) is 49.2 Å². The molecule has 1 aromatic carbocycles. The molecule has 8 bridgehead atoms. The predicted octanol–water partition coefficient (Wildman–Crippen LogP) is 2.83. The van der Waals surface area contributed by atoms with Crippen LogP contribution in [0, 0.1) is 11.3 Å². The van der Waals surface area contributed by atoms with Gasteiger partial charge in [0.05, 0.1) is 35.2 Å². The maximum absolute atomic E-state index is 13.6. The van der Waals surface area contributed by atoms with E-state index in [9.17, 15) is 18.3 Å². The van der Waals surface area contributed by atoms with E-state index < -0.39 is 22.4 Å². The third kappa shape index (κ3) is 5.80. The van der Waals surface area contributed by atoms with Crippen molar-refractivity contribution in [1.82, 2.24) is 20.1 Å². The number of fused-ring (bicyclic) bond motifs is 4. The van der Waals surface area contributed by atoms with Crippen molar-refractivity contribution in [3.05, 3.63) is 36.5 Å². The van der Waals surface area contributed by atoms with Crippen LogP contribution in [0.1, 0.15) is 32.6 Å². The average molecular weight is 596 g/mol. The second-order valence-corrected chi connectivity index (χ2v) is 13.8. The zero-order valence-corrected chi connectivity index (χ0v) is 24.8. The normalized spacial score (nSPS) is 22.9. The standard InChI is InChI=1S/C29H37N7O5S/c1-29-8-12-35(13-9-29)24-17-22(33-42(39,40)15-14-37)5-6-23(24)27-32-31-26(41-27)20-7-10-30-25(16-20)36-11-3-4-21(18-36)28(38)34(2)19-29/h5-7,10,16-17,21,33,37H,3-4,8-9,11-15,18-19H2,1-2H3. The maximum Gasteiger partial charge on any atom is 0.250 e. The first-order chi connectivity index (χ1) is 20.1. The van der Waals surface area contributed by atoms with Gasteiger partial charge in [0, 0.05) is 51.5 Å². The van der Waals surface area contributed by atoms with Gasteiger partial charge < -0.3 is 24.2 Å². The van der Waals surface area contributed by atoms with Gasteiger partial charge in [-0.2, -0.15) is 0 Å². The molecule has 4 aliphatic rings. The van der Waals surface area contributed by atoms with Crippen LogP contribution in [0.15, 0.2) is 40.9 Å². The van der Waals surface area contributed by atoms with Crippen LogP contribution in [0.4, 0.5) is 17.2 Å². The molecule has 3 aromatic rings. The summed E-state index contributed by atoms with van der Waals surface area (Å²) in [6, 6.07) is 8.97. The molecule has 2 N–H and O–H groups in total. The Hall–Kier alpha value is -3.71. The third-order valence-electron chi connectivity index (χ3n) is 8.68. The number of rotatable bonds is 4. The van der Waals surface area contributed by atoms with Crippen molar-refractivity contribution in [1.29, 1.82) is 0 Å². The van der Waals surface area contributed by atoms with Crippen LogP contribution in [-0.2, 0) is 14.8 Å². The van der Waals surface area contributed by atoms with E-state index in [4.69, 9.17) is 4.42 Å². The number of aliphatic hydroxyl groups is 1. The lowest BCUT2D eigenvalue weighted by Crippen LogP contribution is -2.49. The van der Waals surface area contributed by atoms with Gasteiger partial charge >= 0.3 is 0 Å². The van der Waals surface area contributed by atoms with E-state index in [1.807, 2.05) is 24.1 Å². The van der Waals surface area contributed by atoms with E-state index in [0.717, 1.165) is 49.3 Å². The highest BCUT2D eigenvalue weighted by molar-refractivity contribution is 7.92. The van der Waals surface area contributed by atoms with E-state index in [-0.39, 0.29) is 17.2 Å². The number of carbonyl (C=O) groups is 1. The lowest BCUT2D eigenvalue weighted by atomic mass is 9.79. The number of hydrogen-bond donors (Lipinski definition) is 2. The molecule has 0 aliphatic carbocycles. The Morgan fingerprint density at radius 1 is 1.10 bits per heavy atom. The third-order valence-corrected chi connectivity index (χ3v) is 9.95. The fourth-order valence-electron chi connectivity index (χ4n) is 6.36. The molecule has 12 nitrogen and oxygen atoms in total. The second-order valence-electron chi connectivity index (χ2n) is 12.0. The molecule has 1 unspecified atom stereocenters. The molecule has 7 rings (SSSR count). The number of pyridine rings is 1. The zero-order valence-electron chi connectivity index (χ0n) is 24.0. The van der Waals surface area contributed by atoms with Crippen LogP contribution < -0.4 is 14.5 Å². The fraction of sp³-hybridized carbons (Fsp3) is 0.517. The van der Waals surface area contributed by atoms with Crippen molar-refractivity contribution in [3.63, 3.8) is 0 Å². The molecule has 0 spiro atoms. The average Bonchev–Trinajstić information content (AvgIpc) is 3.47. The van der Waals surface area contributed by atoms with Gasteiger partial charge in [0.15, 0.2) is 0 Å². The molecular formula is C29H37N7O5S. The van der Waals surface area contributed by atoms with Gasteiger partial charge in [0.2, 0.25) is 27.7 Å². The summed E-state index contributed by atoms with van der Waals surface area (Å²) in [7, 11) is -1.79. The van der Waals surface area contributed by atoms with Gasteiger partial charge in [-0.1, -0.05) is 6.92 Å². The highest BCUT2D eigenvalue weighted by Crippen LogP contribution is 2.40. The maximum atomic E-state index is 13.6. The zero-order chi connectivity index (χ0) is 29.5. The van der Waals surface area contributed by atoms with E-state index in [1.165, 1.54) is 0 Å². The van der Waals surface area contributed by atoms with Crippen molar-refractivity contribution in [2.75, 3.05) is 66.7 Å². The van der Waals surface area contributed by atoms with Crippen molar-refractivity contribution < 1.29 is 22.7 Å². The number of aromatic nitrogens is 3. The molecule has 0 saturated carbocycles. The summed E-state index contributed by atoms with van der Waals surface area (Å²) < 4.78 is 33.6. The minimum atomic E-state index is -3.71. The summed E-state index contributed by atoms with van der Waals surface area (Å²) in [6.45, 7) is 5.31. The van der Waals surface area contributed by atoms with Crippen LogP contribution in [-0.4, -0.2) is 91.6 Å². The minimum absolute atomic E-state index is 0.0608. The van der Waals surface area contributed by atoms with Crippen molar-refractivity contribution in [3.8, 4) is 22.9 Å². The number of carbonyl (C=O) groups excluding carboxylic acids is 1. The molecule has 2 fully saturated rings. The molecule has 2 aromatic heterocycles. The monoisotopic (exact) mass is 595 g/mol. The lowest BCUT2D eigenvalue weighted by Gasteiger charge is -2.43. The number of aliphatic hydroxyl groups excluding tert-OH is 1. The minimum Gasteiger partial charge on any atom is -0.416 e. The van der Waals surface area contributed by atoms with Gasteiger partial charge in [-0.25, -0.2) is 13.4 Å². The number of piperidine rings is 2. The summed E-state index contributed by atoms with van der Waals surface area (Å²) in [5.74, 6) is 1.15. The van der Waals surface area contributed by atoms with Gasteiger partial charge in [-0.05, 0) is 61.4 Å². The lowest BCUT2D eigenvalue weighted by molar-refractivity contribution is -0.136. The number of sulfonamides is 1. The highest BCUT2D eigenvalue weighted by atomic mass is 32.2. The summed E-state index contributed by atoms with van der Waals surface area (Å²) >= 11 is 0.